The Morgan fingerprint density at radius 2 is 1.87 bits per heavy atom. The molecule has 14 heteroatoms. The molecule has 2 aromatic rings. The molecule has 6 rings (SSSR count). The number of benzene rings is 1. The lowest BCUT2D eigenvalue weighted by molar-refractivity contribution is -0.185. The average Bonchev–Trinajstić information content (AvgIpc) is 3.40. The summed E-state index contributed by atoms with van der Waals surface area (Å²) in [7, 11) is 1.81. The van der Waals surface area contributed by atoms with Gasteiger partial charge in [0.1, 0.15) is 5.60 Å². The summed E-state index contributed by atoms with van der Waals surface area (Å²) in [5, 5.41) is 19.0. The number of carbonyl (C=O) groups excluding carboxylic acids is 1. The van der Waals surface area contributed by atoms with E-state index in [9.17, 15) is 27.9 Å². The number of halogens is 5. The number of aromatic carboxylic acids is 1. The first kappa shape index (κ1) is 33.9. The fraction of sp³-hybridized carbons (Fsp3) is 0.606. The molecular weight excluding hydrogens is 658 g/mol. The second kappa shape index (κ2) is 11.9. The number of alkyl carbamates (subject to hydrolysis) is 1. The predicted octanol–water partition coefficient (Wildman–Crippen LogP) is 7.05. The van der Waals surface area contributed by atoms with Crippen molar-refractivity contribution in [2.24, 2.45) is 30.2 Å². The van der Waals surface area contributed by atoms with Crippen molar-refractivity contribution in [3.05, 3.63) is 46.1 Å². The molecule has 4 atom stereocenters. The Labute approximate surface area is 281 Å². The number of amides is 1. The van der Waals surface area contributed by atoms with Crippen LogP contribution in [-0.4, -0.2) is 63.5 Å². The summed E-state index contributed by atoms with van der Waals surface area (Å²) in [6, 6.07) is 3.51. The maximum atomic E-state index is 13.6. The molecule has 1 aromatic carbocycles. The van der Waals surface area contributed by atoms with Crippen LogP contribution in [0.1, 0.15) is 68.8 Å². The second-order valence-corrected chi connectivity index (χ2v) is 15.4. The molecule has 0 bridgehead atoms. The fourth-order valence-electron chi connectivity index (χ4n) is 7.87. The third kappa shape index (κ3) is 6.21. The van der Waals surface area contributed by atoms with Crippen molar-refractivity contribution < 1.29 is 32.6 Å². The molecule has 2 heterocycles. The molecule has 4 N–H and O–H groups in total. The zero-order valence-corrected chi connectivity index (χ0v) is 28.2. The monoisotopic (exact) mass is 697 g/mol. The molecule has 1 saturated heterocycles. The normalized spacial score (nSPS) is 30.7. The number of piperidine rings is 1. The van der Waals surface area contributed by atoms with E-state index in [1.54, 1.807) is 39.0 Å². The molecule has 0 spiro atoms. The number of ether oxygens (including phenoxy) is 1. The number of rotatable bonds is 7. The number of carbonyl (C=O) groups is 2. The number of allylic oxidation sites excluding steroid dienone is 3. The van der Waals surface area contributed by atoms with Crippen LogP contribution >= 0.6 is 23.2 Å². The van der Waals surface area contributed by atoms with E-state index in [2.05, 4.69) is 16.0 Å². The van der Waals surface area contributed by atoms with Crippen LogP contribution in [0.2, 0.25) is 0 Å². The maximum absolute atomic E-state index is 13.6. The summed E-state index contributed by atoms with van der Waals surface area (Å²) < 4.78 is 48.0. The third-order valence-electron chi connectivity index (χ3n) is 10.5. The number of nitrogens with one attached hydrogen (secondary N) is 3. The van der Waals surface area contributed by atoms with Gasteiger partial charge in [-0.05, 0) is 95.0 Å². The summed E-state index contributed by atoms with van der Waals surface area (Å²) in [5.74, 6) is -1.94. The Bertz CT molecular complexity index is 1660. The van der Waals surface area contributed by atoms with Crippen LogP contribution in [0.15, 0.2) is 35.0 Å². The number of carboxylic acids is 1. The van der Waals surface area contributed by atoms with Gasteiger partial charge in [0, 0.05) is 31.0 Å². The van der Waals surface area contributed by atoms with Gasteiger partial charge >= 0.3 is 18.2 Å². The minimum atomic E-state index is -4.28. The average molecular weight is 699 g/mol. The largest absolute Gasteiger partial charge is 0.478 e. The smallest absolute Gasteiger partial charge is 0.407 e. The highest BCUT2D eigenvalue weighted by Gasteiger charge is 2.59. The lowest BCUT2D eigenvalue weighted by Crippen LogP contribution is -2.51. The molecule has 3 fully saturated rings. The first-order valence-corrected chi connectivity index (χ1v) is 16.7. The van der Waals surface area contributed by atoms with Crippen LogP contribution in [0, 0.1) is 23.2 Å². The van der Waals surface area contributed by atoms with E-state index in [4.69, 9.17) is 32.9 Å². The molecule has 1 aliphatic heterocycles. The molecule has 4 unspecified atom stereocenters. The lowest BCUT2D eigenvalue weighted by atomic mass is 9.63. The van der Waals surface area contributed by atoms with Crippen molar-refractivity contribution in [2.75, 3.05) is 25.0 Å². The van der Waals surface area contributed by atoms with E-state index in [0.717, 1.165) is 30.6 Å². The first-order valence-electron chi connectivity index (χ1n) is 15.9. The number of aryl methyl sites for hydroxylation is 1. The number of hydrogen-bond acceptors (Lipinski definition) is 6. The van der Waals surface area contributed by atoms with E-state index in [1.165, 1.54) is 0 Å². The summed E-state index contributed by atoms with van der Waals surface area (Å²) in [6.07, 6.45) is -0.126. The van der Waals surface area contributed by atoms with Crippen molar-refractivity contribution in [2.45, 2.75) is 75.4 Å². The Morgan fingerprint density at radius 1 is 1.17 bits per heavy atom. The van der Waals surface area contributed by atoms with Gasteiger partial charge in [-0.25, -0.2) is 14.6 Å². The highest BCUT2D eigenvalue weighted by atomic mass is 35.5. The minimum Gasteiger partial charge on any atom is -0.478 e. The van der Waals surface area contributed by atoms with Crippen molar-refractivity contribution in [3.63, 3.8) is 0 Å². The molecule has 1 amide bonds. The van der Waals surface area contributed by atoms with Crippen molar-refractivity contribution in [1.82, 2.24) is 20.2 Å². The highest BCUT2D eigenvalue weighted by Crippen LogP contribution is 2.58. The van der Waals surface area contributed by atoms with Crippen molar-refractivity contribution >= 4 is 52.2 Å². The zero-order valence-electron chi connectivity index (χ0n) is 26.7. The van der Waals surface area contributed by atoms with E-state index in [1.807, 2.05) is 17.7 Å². The standard InChI is InChI=1S/C33H40Cl2F3N5O4/c1-30(2,3)47-29(46)40-16-31(17-5-7-18(8-6-17)33(36,37)38)10-9-22(34)25(26(31)35)42-28-41-23-11-20(27(44)45)21(12-24(23)43(28)4)32-13-19(32)14-39-15-32/h9-12,17-19,26,39H,5-8,13-16H2,1-4H3,(H,40,46)(H,41,42)(H,44,45). The molecule has 4 aliphatic rings. The van der Waals surface area contributed by atoms with Crippen LogP contribution in [-0.2, 0) is 17.2 Å². The van der Waals surface area contributed by atoms with Gasteiger partial charge in [0.15, 0.2) is 0 Å². The minimum absolute atomic E-state index is 0.00837. The van der Waals surface area contributed by atoms with Crippen molar-refractivity contribution in [1.29, 1.82) is 0 Å². The predicted molar refractivity (Wildman–Crippen MR) is 174 cm³/mol. The number of fused-ring (bicyclic) bond motifs is 2. The lowest BCUT2D eigenvalue weighted by Gasteiger charge is -2.47. The van der Waals surface area contributed by atoms with Gasteiger partial charge in [0.2, 0.25) is 5.95 Å². The topological polar surface area (TPSA) is 118 Å². The summed E-state index contributed by atoms with van der Waals surface area (Å²) >= 11 is 14.0. The number of nitrogens with zero attached hydrogens (tertiary/aromatic N) is 2. The van der Waals surface area contributed by atoms with Gasteiger partial charge in [0.25, 0.3) is 0 Å². The SMILES string of the molecule is Cn1c(NC2=C(Cl)C=CC(CNC(=O)OC(C)(C)C)(C3CCC(C(F)(F)F)CC3)C2Cl)nc2cc(C(=O)O)c(C34CNCC3C4)cc21. The first-order chi connectivity index (χ1) is 21.9. The van der Waals surface area contributed by atoms with E-state index in [-0.39, 0.29) is 54.2 Å². The van der Waals surface area contributed by atoms with E-state index < -0.39 is 40.5 Å². The van der Waals surface area contributed by atoms with Gasteiger partial charge < -0.3 is 30.4 Å². The molecular formula is C33H40Cl2F3N5O4. The van der Waals surface area contributed by atoms with Gasteiger partial charge in [0.05, 0.1) is 38.6 Å². The Hall–Kier alpha value is -2.96. The van der Waals surface area contributed by atoms with Gasteiger partial charge in [-0.1, -0.05) is 17.7 Å². The number of anilines is 1. The van der Waals surface area contributed by atoms with Crippen LogP contribution in [0.3, 0.4) is 0 Å². The van der Waals surface area contributed by atoms with Crippen molar-refractivity contribution in [3.8, 4) is 0 Å². The molecule has 0 radical (unpaired) electrons. The molecule has 1 aromatic heterocycles. The molecule has 2 saturated carbocycles. The second-order valence-electron chi connectivity index (χ2n) is 14.5. The maximum Gasteiger partial charge on any atom is 0.407 e. The summed E-state index contributed by atoms with van der Waals surface area (Å²) in [4.78, 5) is 29.8. The number of imidazole rings is 1. The van der Waals surface area contributed by atoms with Crippen LogP contribution in [0.25, 0.3) is 11.0 Å². The fourth-order valence-corrected chi connectivity index (χ4v) is 8.64. The van der Waals surface area contributed by atoms with E-state index >= 15 is 0 Å². The molecule has 256 valence electrons. The summed E-state index contributed by atoms with van der Waals surface area (Å²) in [5.41, 5.74) is 0.657. The highest BCUT2D eigenvalue weighted by molar-refractivity contribution is 6.33. The Balaban J connectivity index is 1.32. The summed E-state index contributed by atoms with van der Waals surface area (Å²) in [6.45, 7) is 6.80. The number of alkyl halides is 4. The van der Waals surface area contributed by atoms with Gasteiger partial charge in [-0.15, -0.1) is 11.6 Å². The van der Waals surface area contributed by atoms with E-state index in [0.29, 0.717) is 23.1 Å². The quantitative estimate of drug-likeness (QED) is 0.229. The number of aromatic nitrogens is 2. The molecule has 47 heavy (non-hydrogen) atoms. The van der Waals surface area contributed by atoms with Crippen LogP contribution in [0.4, 0.5) is 23.9 Å². The van der Waals surface area contributed by atoms with Crippen LogP contribution in [0.5, 0.6) is 0 Å². The Morgan fingerprint density at radius 3 is 2.45 bits per heavy atom. The van der Waals surface area contributed by atoms with Gasteiger partial charge in [-0.3, -0.25) is 0 Å². The molecule has 3 aliphatic carbocycles. The Kier molecular flexibility index (Phi) is 8.57. The number of carboxylic acid groups (broad SMARTS) is 1. The number of hydrogen-bond donors (Lipinski definition) is 4. The molecule has 9 nitrogen and oxygen atoms in total. The zero-order chi connectivity index (χ0) is 34.1. The van der Waals surface area contributed by atoms with Gasteiger partial charge in [-0.2, -0.15) is 13.2 Å². The van der Waals surface area contributed by atoms with Crippen LogP contribution < -0.4 is 16.0 Å². The third-order valence-corrected chi connectivity index (χ3v) is 11.5.